The summed E-state index contributed by atoms with van der Waals surface area (Å²) in [7, 11) is -2.99. The molecule has 0 spiro atoms. The van der Waals surface area contributed by atoms with Crippen LogP contribution in [0.25, 0.3) is 0 Å². The number of cyclic esters (lactones) is 1. The second kappa shape index (κ2) is 14.8. The number of benzene rings is 2. The molecule has 3 saturated heterocycles. The van der Waals surface area contributed by atoms with Crippen LogP contribution in [0, 0.1) is 11.8 Å². The van der Waals surface area contributed by atoms with Crippen LogP contribution in [-0.4, -0.2) is 87.4 Å². The number of rotatable bonds is 7. The molecule has 0 bridgehead atoms. The average Bonchev–Trinajstić information content (AvgIpc) is 3.64. The molecule has 0 amide bonds. The van der Waals surface area contributed by atoms with Crippen molar-refractivity contribution in [2.24, 2.45) is 11.8 Å². The molecule has 3 fully saturated rings. The number of hydrogen-bond acceptors (Lipinski definition) is 16. The second-order valence-corrected chi connectivity index (χ2v) is 12.6. The number of hydrogen-bond donors (Lipinski definition) is 2. The van der Waals surface area contributed by atoms with Crippen LogP contribution in [-0.2, 0) is 33.0 Å². The summed E-state index contributed by atoms with van der Waals surface area (Å²) in [4.78, 5) is 36.5. The van der Waals surface area contributed by atoms with E-state index in [1.807, 2.05) is 0 Å². The van der Waals surface area contributed by atoms with Crippen molar-refractivity contribution in [3.05, 3.63) is 41.0 Å². The maximum atomic E-state index is 13.5. The summed E-state index contributed by atoms with van der Waals surface area (Å²) < 4.78 is 67.5. The van der Waals surface area contributed by atoms with Gasteiger partial charge in [-0.15, -0.1) is 0 Å². The fourth-order valence-electron chi connectivity index (χ4n) is 6.92. The van der Waals surface area contributed by atoms with Crippen LogP contribution in [0.1, 0.15) is 35.6 Å². The van der Waals surface area contributed by atoms with Crippen molar-refractivity contribution in [2.75, 3.05) is 34.2 Å². The van der Waals surface area contributed by atoms with Gasteiger partial charge in [-0.25, -0.2) is 0 Å². The zero-order valence-corrected chi connectivity index (χ0v) is 31.7. The first-order valence-electron chi connectivity index (χ1n) is 14.5. The minimum absolute atomic E-state index is 0. The van der Waals surface area contributed by atoms with Crippen molar-refractivity contribution in [2.45, 2.75) is 55.9 Å². The van der Waals surface area contributed by atoms with Crippen LogP contribution in [0.3, 0.4) is 0 Å². The first kappa shape index (κ1) is 38.1. The van der Waals surface area contributed by atoms with Gasteiger partial charge in [0.1, 0.15) is 32.2 Å². The normalized spacial score (nSPS) is 33.2. The number of ether oxygens (including phenoxy) is 9. The molecule has 5 aliphatic rings. The van der Waals surface area contributed by atoms with Gasteiger partial charge in [0, 0.05) is 11.8 Å². The number of aliphatic hydroxyl groups excluding tert-OH is 2. The molecule has 48 heavy (non-hydrogen) atoms. The van der Waals surface area contributed by atoms with E-state index in [9.17, 15) is 29.4 Å². The molecule has 250 valence electrons. The third-order valence-electron chi connectivity index (χ3n) is 8.93. The molecular formula is C29H31Na2O16P. The molecule has 0 saturated carbocycles. The minimum atomic E-state index is -5.50. The summed E-state index contributed by atoms with van der Waals surface area (Å²) in [6.45, 7) is 1.68. The predicted octanol–water partition coefficient (Wildman–Crippen LogP) is -6.15. The van der Waals surface area contributed by atoms with E-state index in [0.717, 1.165) is 0 Å². The van der Waals surface area contributed by atoms with Crippen molar-refractivity contribution in [1.82, 2.24) is 0 Å². The van der Waals surface area contributed by atoms with E-state index < -0.39 is 80.4 Å². The Morgan fingerprint density at radius 3 is 2.17 bits per heavy atom. The van der Waals surface area contributed by atoms with Crippen molar-refractivity contribution >= 4 is 13.8 Å². The van der Waals surface area contributed by atoms with E-state index >= 15 is 0 Å². The summed E-state index contributed by atoms with van der Waals surface area (Å²) in [6.07, 6.45) is -7.25. The van der Waals surface area contributed by atoms with Crippen LogP contribution in [0.5, 0.6) is 28.7 Å². The summed E-state index contributed by atoms with van der Waals surface area (Å²) in [5.41, 5.74) is 1.57. The molecule has 7 rings (SSSR count). The number of methoxy groups -OCH3 is 2. The Morgan fingerprint density at radius 2 is 1.54 bits per heavy atom. The smallest absolute Gasteiger partial charge is 0.780 e. The molecule has 2 aromatic carbocycles. The maximum Gasteiger partial charge on any atom is 1.00 e. The first-order valence-corrected chi connectivity index (χ1v) is 15.9. The van der Waals surface area contributed by atoms with E-state index in [1.54, 1.807) is 19.1 Å². The first-order chi connectivity index (χ1) is 22.0. The summed E-state index contributed by atoms with van der Waals surface area (Å²) in [5.74, 6) is -2.66. The molecule has 4 aliphatic heterocycles. The Morgan fingerprint density at radius 1 is 0.896 bits per heavy atom. The number of aliphatic hydroxyl groups is 2. The van der Waals surface area contributed by atoms with Gasteiger partial charge in [-0.3, -0.25) is 4.79 Å². The van der Waals surface area contributed by atoms with E-state index in [4.69, 9.17) is 42.6 Å². The molecule has 16 nitrogen and oxygen atoms in total. The van der Waals surface area contributed by atoms with Crippen LogP contribution in [0.4, 0.5) is 0 Å². The van der Waals surface area contributed by atoms with Crippen LogP contribution in [0.15, 0.2) is 24.3 Å². The fraction of sp³-hybridized carbons (Fsp3) is 0.552. The fourth-order valence-corrected chi connectivity index (χ4v) is 7.33. The zero-order valence-electron chi connectivity index (χ0n) is 26.8. The van der Waals surface area contributed by atoms with Gasteiger partial charge < -0.3 is 71.7 Å². The van der Waals surface area contributed by atoms with Gasteiger partial charge in [0.2, 0.25) is 12.5 Å². The quantitative estimate of drug-likeness (QED) is 0.155. The Bertz CT molecular complexity index is 1540. The summed E-state index contributed by atoms with van der Waals surface area (Å²) in [5, 5.41) is 22.0. The number of phosphoric acid groups is 1. The Balaban J connectivity index is 0.00000225. The number of fused-ring (bicyclic) bond motifs is 4. The zero-order chi connectivity index (χ0) is 32.5. The Kier molecular flexibility index (Phi) is 11.7. The van der Waals surface area contributed by atoms with Crippen molar-refractivity contribution in [3.8, 4) is 28.7 Å². The minimum Gasteiger partial charge on any atom is -0.780 e. The van der Waals surface area contributed by atoms with Crippen LogP contribution in [0.2, 0.25) is 0 Å². The van der Waals surface area contributed by atoms with Gasteiger partial charge in [-0.1, -0.05) is 0 Å². The van der Waals surface area contributed by atoms with Crippen LogP contribution >= 0.6 is 7.82 Å². The molecule has 1 aliphatic carbocycles. The van der Waals surface area contributed by atoms with Gasteiger partial charge >= 0.3 is 65.1 Å². The average molecular weight is 713 g/mol. The number of carbonyl (C=O) groups is 1. The largest absolute Gasteiger partial charge is 1.00 e. The SMILES string of the molecule is COc1cc([C@@H]2c3cc4c(cc3C(O[C@@H]3O[C@@H]5CO[C@@H](C)O[C@H]5[C@H](O)[C@H]3O)C3COC(=O)[C@@H]32)OCO4)cc(OC)c1OP(=O)([O-])[O-].[Na+].[Na+]. The Labute approximate surface area is 319 Å². The second-order valence-electron chi connectivity index (χ2n) is 11.5. The molecular weight excluding hydrogens is 681 g/mol. The third-order valence-corrected chi connectivity index (χ3v) is 9.34. The molecule has 0 radical (unpaired) electrons. The van der Waals surface area contributed by atoms with Crippen molar-refractivity contribution in [3.63, 3.8) is 0 Å². The summed E-state index contributed by atoms with van der Waals surface area (Å²) in [6, 6.07) is 6.32. The van der Waals surface area contributed by atoms with E-state index in [1.165, 1.54) is 26.4 Å². The number of phosphoric ester groups is 1. The monoisotopic (exact) mass is 712 g/mol. The molecule has 2 aromatic rings. The van der Waals surface area contributed by atoms with Crippen molar-refractivity contribution < 1.29 is 136 Å². The number of carbonyl (C=O) groups excluding carboxylic acids is 1. The topological polar surface area (TPSA) is 213 Å². The third kappa shape index (κ3) is 6.88. The van der Waals surface area contributed by atoms with Gasteiger partial charge in [0.15, 0.2) is 35.6 Å². The maximum absolute atomic E-state index is 13.5. The van der Waals surface area contributed by atoms with E-state index in [-0.39, 0.29) is 90.6 Å². The molecule has 4 heterocycles. The van der Waals surface area contributed by atoms with E-state index in [0.29, 0.717) is 28.2 Å². The van der Waals surface area contributed by atoms with Gasteiger partial charge in [-0.2, -0.15) is 0 Å². The van der Waals surface area contributed by atoms with Gasteiger partial charge in [0.05, 0.1) is 39.5 Å². The molecule has 2 unspecified atom stereocenters. The molecule has 2 N–H and O–H groups in total. The van der Waals surface area contributed by atoms with Gasteiger partial charge in [0.25, 0.3) is 0 Å². The number of esters is 1. The Hall–Kier alpha value is -1.18. The molecule has 19 heteroatoms. The van der Waals surface area contributed by atoms with Crippen molar-refractivity contribution in [1.29, 1.82) is 0 Å². The molecule has 0 aromatic heterocycles. The molecule has 10 atom stereocenters. The van der Waals surface area contributed by atoms with E-state index in [2.05, 4.69) is 4.52 Å². The predicted molar refractivity (Wildman–Crippen MR) is 145 cm³/mol. The van der Waals surface area contributed by atoms with Gasteiger partial charge in [-0.05, 0) is 47.9 Å². The standard InChI is InChI=1S/C29H33O16P.2Na/c1-11-38-9-20-27(42-11)23(30)24(31)29(43-20)44-25-14-7-17-16(40-10-41-17)6-13(14)21(22-15(25)8-39-28(22)32)12-4-18(36-2)26(19(5-12)37-3)45-46(33,34)35;;/h4-7,11,15,20-25,27,29-31H,8-10H2,1-3H3,(H2,33,34,35);;/q;2*+1/p-2/t11-,15?,20-,21-,22+,23-,24-,25?,27-,29+;;/m1../s1. The summed E-state index contributed by atoms with van der Waals surface area (Å²) >= 11 is 0. The van der Waals surface area contributed by atoms with Crippen LogP contribution < -0.4 is 92.4 Å².